The van der Waals surface area contributed by atoms with Gasteiger partial charge in [-0.25, -0.2) is 13.8 Å². The molecule has 0 aromatic heterocycles. The van der Waals surface area contributed by atoms with Crippen molar-refractivity contribution < 1.29 is 17.9 Å². The second kappa shape index (κ2) is 12.5. The first kappa shape index (κ1) is 28.4. The number of carbonyl (C=O) groups excluding carboxylic acids is 1. The molecule has 0 radical (unpaired) electrons. The largest absolute Gasteiger partial charge is 0.496 e. The number of benzene rings is 4. The fraction of sp³-hybridized carbons (Fsp3) is 0.103. The number of carbonyl (C=O) groups is 1. The number of hydrogen-bond acceptors (Lipinski definition) is 5. The van der Waals surface area contributed by atoms with Gasteiger partial charge >= 0.3 is 0 Å². The Morgan fingerprint density at radius 1 is 1.03 bits per heavy atom. The van der Waals surface area contributed by atoms with Gasteiger partial charge in [0.2, 0.25) is 0 Å². The fourth-order valence-electron chi connectivity index (χ4n) is 3.80. The van der Waals surface area contributed by atoms with Crippen molar-refractivity contribution >= 4 is 55.4 Å². The summed E-state index contributed by atoms with van der Waals surface area (Å²) >= 11 is 9.45. The maximum Gasteiger partial charge on any atom is 0.273 e. The van der Waals surface area contributed by atoms with E-state index in [1.807, 2.05) is 13.0 Å². The van der Waals surface area contributed by atoms with Crippen LogP contribution in [0.5, 0.6) is 5.75 Å². The van der Waals surface area contributed by atoms with Gasteiger partial charge < -0.3 is 4.74 Å². The number of amides is 1. The first-order valence-electron chi connectivity index (χ1n) is 11.8. The number of sulfonamides is 1. The number of nitrogens with one attached hydrogen (secondary N) is 1. The van der Waals surface area contributed by atoms with Gasteiger partial charge in [0.1, 0.15) is 5.75 Å². The number of para-hydroxylation sites is 1. The van der Waals surface area contributed by atoms with Crippen molar-refractivity contribution in [2.24, 2.45) is 5.10 Å². The smallest absolute Gasteiger partial charge is 0.273 e. The Morgan fingerprint density at radius 2 is 1.72 bits per heavy atom. The van der Waals surface area contributed by atoms with Gasteiger partial charge in [-0.15, -0.1) is 0 Å². The lowest BCUT2D eigenvalue weighted by atomic mass is 10.1. The molecule has 0 aliphatic heterocycles. The molecule has 4 rings (SSSR count). The summed E-state index contributed by atoms with van der Waals surface area (Å²) in [6.07, 6.45) is 1.46. The molecule has 0 bridgehead atoms. The maximum atomic E-state index is 13.9. The number of hydrazone groups is 1. The number of halogens is 2. The van der Waals surface area contributed by atoms with Crippen molar-refractivity contribution in [1.29, 1.82) is 0 Å². The van der Waals surface area contributed by atoms with Crippen molar-refractivity contribution in [3.63, 3.8) is 0 Å². The van der Waals surface area contributed by atoms with E-state index in [0.717, 1.165) is 10.0 Å². The van der Waals surface area contributed by atoms with E-state index in [4.69, 9.17) is 16.3 Å². The van der Waals surface area contributed by atoms with Crippen LogP contribution in [-0.2, 0) is 16.6 Å². The van der Waals surface area contributed by atoms with E-state index >= 15 is 0 Å². The minimum absolute atomic E-state index is 0.0177. The Morgan fingerprint density at radius 3 is 2.41 bits per heavy atom. The number of ether oxygens (including phenoxy) is 1. The summed E-state index contributed by atoms with van der Waals surface area (Å²) in [6, 6.07) is 25.3. The van der Waals surface area contributed by atoms with Gasteiger partial charge in [0, 0.05) is 15.1 Å². The average Bonchev–Trinajstić information content (AvgIpc) is 2.93. The lowest BCUT2D eigenvalue weighted by Crippen LogP contribution is -2.33. The highest BCUT2D eigenvalue weighted by molar-refractivity contribution is 9.10. The summed E-state index contributed by atoms with van der Waals surface area (Å²) in [7, 11) is -2.51. The molecule has 0 fully saturated rings. The molecule has 39 heavy (non-hydrogen) atoms. The highest BCUT2D eigenvalue weighted by atomic mass is 79.9. The Hall–Kier alpha value is -3.66. The monoisotopic (exact) mass is 625 g/mol. The Kier molecular flexibility index (Phi) is 9.06. The fourth-order valence-corrected chi connectivity index (χ4v) is 5.78. The van der Waals surface area contributed by atoms with E-state index < -0.39 is 15.9 Å². The van der Waals surface area contributed by atoms with Crippen molar-refractivity contribution in [3.8, 4) is 5.75 Å². The number of hydrogen-bond donors (Lipinski definition) is 1. The van der Waals surface area contributed by atoms with E-state index in [2.05, 4.69) is 26.5 Å². The Labute approximate surface area is 241 Å². The lowest BCUT2D eigenvalue weighted by molar-refractivity contribution is 0.0955. The molecule has 7 nitrogen and oxygen atoms in total. The molecule has 1 amide bonds. The summed E-state index contributed by atoms with van der Waals surface area (Å²) in [4.78, 5) is 13.4. The topological polar surface area (TPSA) is 88.1 Å². The number of aryl methyl sites for hydroxylation is 1. The molecule has 0 atom stereocenters. The summed E-state index contributed by atoms with van der Waals surface area (Å²) < 4.78 is 35.2. The minimum Gasteiger partial charge on any atom is -0.496 e. The van der Waals surface area contributed by atoms with Crippen molar-refractivity contribution in [2.45, 2.75) is 18.4 Å². The molecule has 200 valence electrons. The third-order valence-electron chi connectivity index (χ3n) is 5.83. The molecule has 0 saturated heterocycles. The van der Waals surface area contributed by atoms with E-state index in [9.17, 15) is 13.2 Å². The van der Waals surface area contributed by atoms with Crippen molar-refractivity contribution in [2.75, 3.05) is 11.4 Å². The normalized spacial score (nSPS) is 11.4. The third kappa shape index (κ3) is 6.86. The van der Waals surface area contributed by atoms with Crippen molar-refractivity contribution in [1.82, 2.24) is 5.43 Å². The van der Waals surface area contributed by atoms with Crippen LogP contribution in [-0.4, -0.2) is 27.6 Å². The predicted molar refractivity (Wildman–Crippen MR) is 158 cm³/mol. The van der Waals surface area contributed by atoms with Crippen LogP contribution in [0.3, 0.4) is 0 Å². The Balaban J connectivity index is 1.71. The molecule has 4 aromatic carbocycles. The van der Waals surface area contributed by atoms with Gasteiger partial charge in [0.05, 0.1) is 36.0 Å². The van der Waals surface area contributed by atoms with E-state index in [1.165, 1.54) is 10.5 Å². The van der Waals surface area contributed by atoms with Gasteiger partial charge in [0.25, 0.3) is 15.9 Å². The summed E-state index contributed by atoms with van der Waals surface area (Å²) in [5.74, 6) is 0.00551. The van der Waals surface area contributed by atoms with Gasteiger partial charge in [-0.2, -0.15) is 5.10 Å². The van der Waals surface area contributed by atoms with Gasteiger partial charge in [-0.3, -0.25) is 9.10 Å². The number of nitrogens with zero attached hydrogens (tertiary/aromatic N) is 2. The lowest BCUT2D eigenvalue weighted by Gasteiger charge is -2.26. The molecule has 0 aliphatic carbocycles. The molecule has 4 aromatic rings. The molecule has 10 heteroatoms. The molecule has 0 unspecified atom stereocenters. The van der Waals surface area contributed by atoms with Crippen LogP contribution in [0.1, 0.15) is 27.0 Å². The average molecular weight is 627 g/mol. The van der Waals surface area contributed by atoms with Crippen LogP contribution in [0.4, 0.5) is 5.69 Å². The quantitative estimate of drug-likeness (QED) is 0.168. The second-order valence-corrected chi connectivity index (χ2v) is 11.8. The summed E-state index contributed by atoms with van der Waals surface area (Å²) in [6.45, 7) is 1.86. The summed E-state index contributed by atoms with van der Waals surface area (Å²) in [5, 5.41) is 4.62. The second-order valence-electron chi connectivity index (χ2n) is 8.55. The van der Waals surface area contributed by atoms with Gasteiger partial charge in [-0.1, -0.05) is 69.5 Å². The Bertz CT molecular complexity index is 1610. The van der Waals surface area contributed by atoms with E-state index in [1.54, 1.807) is 92.0 Å². The zero-order valence-electron chi connectivity index (χ0n) is 21.1. The number of rotatable bonds is 9. The summed E-state index contributed by atoms with van der Waals surface area (Å²) in [5.41, 5.74) is 5.13. The minimum atomic E-state index is -4.05. The maximum absolute atomic E-state index is 13.9. The molecule has 0 aliphatic rings. The first-order chi connectivity index (χ1) is 18.7. The predicted octanol–water partition coefficient (Wildman–Crippen LogP) is 6.58. The highest BCUT2D eigenvalue weighted by Crippen LogP contribution is 2.30. The van der Waals surface area contributed by atoms with Crippen LogP contribution < -0.4 is 14.5 Å². The first-order valence-corrected chi connectivity index (χ1v) is 14.4. The van der Waals surface area contributed by atoms with Gasteiger partial charge in [-0.05, 0) is 67.1 Å². The van der Waals surface area contributed by atoms with E-state index in [0.29, 0.717) is 21.9 Å². The molecule has 1 N–H and O–H groups in total. The highest BCUT2D eigenvalue weighted by Gasteiger charge is 2.28. The molecule has 0 spiro atoms. The van der Waals surface area contributed by atoms with Crippen molar-refractivity contribution in [3.05, 3.63) is 123 Å². The zero-order valence-corrected chi connectivity index (χ0v) is 24.3. The zero-order chi connectivity index (χ0) is 28.0. The van der Waals surface area contributed by atoms with Crippen LogP contribution in [0.15, 0.2) is 105 Å². The van der Waals surface area contributed by atoms with Crippen LogP contribution in [0, 0.1) is 6.92 Å². The molecule has 0 saturated carbocycles. The molecule has 0 heterocycles. The third-order valence-corrected chi connectivity index (χ3v) is 8.35. The SMILES string of the molecule is COc1ccc(Br)cc1/C=N\NC(=O)c1ccccc1N(Cc1ccc(Cl)cc1)S(=O)(=O)c1ccc(C)cc1. The standard InChI is InChI=1S/C29H25BrClN3O4S/c1-20-7-14-25(15-8-20)39(36,37)34(19-21-9-12-24(31)13-10-21)27-6-4-3-5-26(27)29(35)33-32-18-22-17-23(30)11-16-28(22)38-2/h3-18H,19H2,1-2H3,(H,33,35)/b32-18-. The number of anilines is 1. The van der Waals surface area contributed by atoms with Crippen LogP contribution in [0.25, 0.3) is 0 Å². The van der Waals surface area contributed by atoms with Gasteiger partial charge in [0.15, 0.2) is 0 Å². The molecular formula is C29H25BrClN3O4S. The van der Waals surface area contributed by atoms with Crippen LogP contribution in [0.2, 0.25) is 5.02 Å². The number of methoxy groups -OCH3 is 1. The van der Waals surface area contributed by atoms with Crippen LogP contribution >= 0.6 is 27.5 Å². The molecular weight excluding hydrogens is 602 g/mol. The van der Waals surface area contributed by atoms with E-state index in [-0.39, 0.29) is 22.7 Å².